The van der Waals surface area contributed by atoms with Gasteiger partial charge in [0.05, 0.1) is 0 Å². The second-order valence-electron chi connectivity index (χ2n) is 6.42. The van der Waals surface area contributed by atoms with E-state index >= 15 is 0 Å². The quantitative estimate of drug-likeness (QED) is 0.124. The van der Waals surface area contributed by atoms with Gasteiger partial charge in [0.1, 0.15) is 6.10 Å². The van der Waals surface area contributed by atoms with Crippen molar-refractivity contribution in [1.82, 2.24) is 0 Å². The lowest BCUT2D eigenvalue weighted by Crippen LogP contribution is -2.32. The molecular weight excluding hydrogens is 342 g/mol. The fourth-order valence-electron chi connectivity index (χ4n) is 2.48. The van der Waals surface area contributed by atoms with Crippen molar-refractivity contribution in [2.45, 2.75) is 83.3 Å². The van der Waals surface area contributed by atoms with Crippen LogP contribution in [0.25, 0.3) is 0 Å². The van der Waals surface area contributed by atoms with Gasteiger partial charge in [-0.05, 0) is 44.9 Å². The van der Waals surface area contributed by atoms with Crippen molar-refractivity contribution in [3.63, 3.8) is 0 Å². The number of carbonyl (C=O) groups excluding carboxylic acids is 1. The molecule has 0 aromatic heterocycles. The summed E-state index contributed by atoms with van der Waals surface area (Å²) in [5, 5.41) is 21.0. The van der Waals surface area contributed by atoms with Gasteiger partial charge in [0.25, 0.3) is 0 Å². The van der Waals surface area contributed by atoms with Crippen molar-refractivity contribution < 1.29 is 14.8 Å². The Labute approximate surface area is 163 Å². The van der Waals surface area contributed by atoms with Crippen LogP contribution in [-0.2, 0) is 4.79 Å². The van der Waals surface area contributed by atoms with Gasteiger partial charge in [-0.25, -0.2) is 0 Å². The van der Waals surface area contributed by atoms with E-state index in [1.165, 1.54) is 0 Å². The van der Waals surface area contributed by atoms with E-state index < -0.39 is 17.1 Å². The molecule has 0 bridgehead atoms. The number of hydrogen-bond donors (Lipinski definition) is 1. The molecule has 27 heavy (non-hydrogen) atoms. The first-order valence-electron chi connectivity index (χ1n) is 9.91. The molecule has 0 saturated carbocycles. The summed E-state index contributed by atoms with van der Waals surface area (Å²) in [5.41, 5.74) is 0. The predicted octanol–water partition coefficient (Wildman–Crippen LogP) is 5.25. The molecule has 0 fully saturated rings. The fraction of sp³-hybridized carbons (Fsp3) is 0.591. The number of aliphatic hydroxyl groups excluding tert-OH is 1. The maximum absolute atomic E-state index is 11.0. The minimum Gasteiger partial charge on any atom is -0.386 e. The SMILES string of the molecule is CC/C=C\CC(C(O)C/C=C\C=C/CC/C=C\CCCCC[C]=O)[N+](=O)[O-]. The number of allylic oxidation sites excluding steroid dienone is 6. The molecule has 0 rings (SSSR count). The third kappa shape index (κ3) is 15.9. The zero-order valence-corrected chi connectivity index (χ0v) is 16.5. The van der Waals surface area contributed by atoms with Gasteiger partial charge in [-0.3, -0.25) is 14.9 Å². The number of unbranched alkanes of at least 4 members (excludes halogenated alkanes) is 5. The second kappa shape index (κ2) is 18.8. The fourth-order valence-corrected chi connectivity index (χ4v) is 2.48. The monoisotopic (exact) mass is 376 g/mol. The van der Waals surface area contributed by atoms with Crippen LogP contribution in [0.3, 0.4) is 0 Å². The van der Waals surface area contributed by atoms with Crippen molar-refractivity contribution in [1.29, 1.82) is 0 Å². The summed E-state index contributed by atoms with van der Waals surface area (Å²) < 4.78 is 0. The largest absolute Gasteiger partial charge is 0.386 e. The molecule has 151 valence electrons. The van der Waals surface area contributed by atoms with Crippen LogP contribution < -0.4 is 0 Å². The van der Waals surface area contributed by atoms with Crippen molar-refractivity contribution >= 4 is 6.29 Å². The van der Waals surface area contributed by atoms with Crippen molar-refractivity contribution in [3.8, 4) is 0 Å². The minimum absolute atomic E-state index is 0.257. The molecular formula is C22H34NO4. The van der Waals surface area contributed by atoms with Crippen LogP contribution >= 0.6 is 0 Å². The maximum Gasteiger partial charge on any atom is 0.242 e. The zero-order valence-electron chi connectivity index (χ0n) is 16.5. The summed E-state index contributed by atoms with van der Waals surface area (Å²) in [6, 6.07) is -0.955. The van der Waals surface area contributed by atoms with Gasteiger partial charge in [0, 0.05) is 17.8 Å². The van der Waals surface area contributed by atoms with E-state index in [-0.39, 0.29) is 12.8 Å². The second-order valence-corrected chi connectivity index (χ2v) is 6.42. The third-order valence-corrected chi connectivity index (χ3v) is 4.07. The smallest absolute Gasteiger partial charge is 0.242 e. The molecule has 0 spiro atoms. The Balaban J connectivity index is 3.88. The molecule has 0 aliphatic carbocycles. The highest BCUT2D eigenvalue weighted by Gasteiger charge is 2.27. The third-order valence-electron chi connectivity index (χ3n) is 4.07. The molecule has 2 unspecified atom stereocenters. The van der Waals surface area contributed by atoms with Gasteiger partial charge >= 0.3 is 0 Å². The lowest BCUT2D eigenvalue weighted by Gasteiger charge is -2.12. The molecule has 0 aromatic rings. The van der Waals surface area contributed by atoms with E-state index in [1.807, 2.05) is 37.5 Å². The Bertz CT molecular complexity index is 495. The molecule has 0 aliphatic rings. The Hall–Kier alpha value is -2.01. The molecule has 1 radical (unpaired) electrons. The van der Waals surface area contributed by atoms with Crippen LogP contribution in [-0.4, -0.2) is 28.5 Å². The van der Waals surface area contributed by atoms with Gasteiger partial charge in [-0.2, -0.15) is 0 Å². The molecule has 5 heteroatoms. The van der Waals surface area contributed by atoms with Crippen molar-refractivity contribution in [2.75, 3.05) is 0 Å². The van der Waals surface area contributed by atoms with Crippen LogP contribution in [0, 0.1) is 10.1 Å². The lowest BCUT2D eigenvalue weighted by atomic mass is 10.0. The average Bonchev–Trinajstić information content (AvgIpc) is 2.65. The van der Waals surface area contributed by atoms with E-state index in [4.69, 9.17) is 0 Å². The summed E-state index contributed by atoms with van der Waals surface area (Å²) in [7, 11) is 0. The normalized spacial score (nSPS) is 14.6. The number of nitro groups is 1. The minimum atomic E-state index is -0.974. The van der Waals surface area contributed by atoms with Gasteiger partial charge in [-0.15, -0.1) is 0 Å². The van der Waals surface area contributed by atoms with E-state index in [1.54, 1.807) is 12.2 Å². The standard InChI is InChI=1S/C22H34NO4/c1-2-3-15-18-21(23(26)27)22(25)19-16-13-11-9-7-5-4-6-8-10-12-14-17-20-24/h3-4,6,9,11,13,15-16,21-22,25H,2,5,7-8,10,12,14,17-19H2,1H3/b6-4-,11-9-,15-3-,16-13-. The van der Waals surface area contributed by atoms with Crippen molar-refractivity contribution in [3.05, 3.63) is 58.7 Å². The summed E-state index contributed by atoms with van der Waals surface area (Å²) in [6.45, 7) is 1.97. The first-order valence-corrected chi connectivity index (χ1v) is 9.91. The van der Waals surface area contributed by atoms with E-state index in [2.05, 4.69) is 12.2 Å². The highest BCUT2D eigenvalue weighted by molar-refractivity contribution is 5.50. The Morgan fingerprint density at radius 2 is 1.63 bits per heavy atom. The number of hydrogen-bond acceptors (Lipinski definition) is 4. The molecule has 5 nitrogen and oxygen atoms in total. The highest BCUT2D eigenvalue weighted by Crippen LogP contribution is 2.10. The van der Waals surface area contributed by atoms with Gasteiger partial charge in [0.2, 0.25) is 6.04 Å². The molecule has 1 N–H and O–H groups in total. The van der Waals surface area contributed by atoms with Crippen LogP contribution in [0.5, 0.6) is 0 Å². The maximum atomic E-state index is 11.0. The average molecular weight is 377 g/mol. The first kappa shape index (κ1) is 25.0. The highest BCUT2D eigenvalue weighted by atomic mass is 16.6. The van der Waals surface area contributed by atoms with Gasteiger partial charge in [0.15, 0.2) is 6.29 Å². The molecule has 0 saturated heterocycles. The van der Waals surface area contributed by atoms with E-state index in [0.717, 1.165) is 44.9 Å². The van der Waals surface area contributed by atoms with Gasteiger partial charge < -0.3 is 5.11 Å². The molecule has 2 atom stereocenters. The lowest BCUT2D eigenvalue weighted by molar-refractivity contribution is -0.533. The molecule has 0 heterocycles. The summed E-state index contributed by atoms with van der Waals surface area (Å²) in [6.07, 6.45) is 24.4. The Morgan fingerprint density at radius 1 is 0.926 bits per heavy atom. The van der Waals surface area contributed by atoms with E-state index in [0.29, 0.717) is 6.42 Å². The van der Waals surface area contributed by atoms with E-state index in [9.17, 15) is 20.0 Å². The number of aliphatic hydroxyl groups is 1. The summed E-state index contributed by atoms with van der Waals surface area (Å²) in [4.78, 5) is 20.7. The molecule has 0 aliphatic heterocycles. The van der Waals surface area contributed by atoms with Crippen molar-refractivity contribution in [2.24, 2.45) is 0 Å². The summed E-state index contributed by atoms with van der Waals surface area (Å²) in [5.74, 6) is 0. The Kier molecular flexibility index (Phi) is 17.4. The Morgan fingerprint density at radius 3 is 2.33 bits per heavy atom. The van der Waals surface area contributed by atoms with Gasteiger partial charge in [-0.1, -0.05) is 62.0 Å². The van der Waals surface area contributed by atoms with Crippen LogP contribution in [0.1, 0.15) is 71.1 Å². The predicted molar refractivity (Wildman–Crippen MR) is 111 cm³/mol. The zero-order chi connectivity index (χ0) is 20.2. The first-order chi connectivity index (χ1) is 13.1. The topological polar surface area (TPSA) is 80.4 Å². The molecule has 0 amide bonds. The van der Waals surface area contributed by atoms with Crippen LogP contribution in [0.2, 0.25) is 0 Å². The molecule has 0 aromatic carbocycles. The summed E-state index contributed by atoms with van der Waals surface area (Å²) >= 11 is 0. The van der Waals surface area contributed by atoms with Crippen LogP contribution in [0.4, 0.5) is 0 Å². The number of nitrogens with zero attached hydrogens (tertiary/aromatic N) is 1. The van der Waals surface area contributed by atoms with Crippen LogP contribution in [0.15, 0.2) is 48.6 Å². The number of rotatable bonds is 17.